The Balaban J connectivity index is 2.49. The molecular formula is C11H21N. The molecule has 1 heterocycles. The van der Waals surface area contributed by atoms with E-state index in [0.717, 1.165) is 11.8 Å². The molecule has 1 saturated heterocycles. The Kier molecular flexibility index (Phi) is 3.80. The van der Waals surface area contributed by atoms with Gasteiger partial charge in [0.15, 0.2) is 0 Å². The second kappa shape index (κ2) is 4.66. The summed E-state index contributed by atoms with van der Waals surface area (Å²) in [5.41, 5.74) is 0. The van der Waals surface area contributed by atoms with Crippen LogP contribution < -0.4 is 0 Å². The molecule has 1 rings (SSSR count). The zero-order valence-electron chi connectivity index (χ0n) is 8.42. The van der Waals surface area contributed by atoms with Gasteiger partial charge in [-0.15, -0.1) is 6.58 Å². The van der Waals surface area contributed by atoms with E-state index in [1.807, 2.05) is 0 Å². The van der Waals surface area contributed by atoms with Gasteiger partial charge in [-0.05, 0) is 38.3 Å². The normalized spacial score (nSPS) is 32.8. The van der Waals surface area contributed by atoms with Crippen LogP contribution in [0.25, 0.3) is 0 Å². The van der Waals surface area contributed by atoms with E-state index in [-0.39, 0.29) is 0 Å². The molecule has 1 aliphatic rings. The van der Waals surface area contributed by atoms with Crippen molar-refractivity contribution < 1.29 is 0 Å². The molecule has 2 unspecified atom stereocenters. The van der Waals surface area contributed by atoms with Gasteiger partial charge in [0, 0.05) is 6.54 Å². The van der Waals surface area contributed by atoms with Crippen LogP contribution in [-0.4, -0.2) is 25.0 Å². The second-order valence-corrected chi connectivity index (χ2v) is 4.06. The summed E-state index contributed by atoms with van der Waals surface area (Å²) >= 11 is 0. The molecule has 1 fully saturated rings. The van der Waals surface area contributed by atoms with Crippen molar-refractivity contribution in [3.8, 4) is 0 Å². The summed E-state index contributed by atoms with van der Waals surface area (Å²) in [5, 5.41) is 0. The minimum atomic E-state index is 0.724. The third-order valence-electron chi connectivity index (χ3n) is 3.01. The molecule has 0 aromatic carbocycles. The number of hydrogen-bond acceptors (Lipinski definition) is 1. The predicted octanol–water partition coefficient (Wildman–Crippen LogP) is 2.54. The van der Waals surface area contributed by atoms with Crippen LogP contribution in [0.3, 0.4) is 0 Å². The van der Waals surface area contributed by atoms with E-state index >= 15 is 0 Å². The van der Waals surface area contributed by atoms with E-state index < -0.39 is 0 Å². The molecule has 12 heavy (non-hydrogen) atoms. The van der Waals surface area contributed by atoms with Gasteiger partial charge in [0.1, 0.15) is 0 Å². The van der Waals surface area contributed by atoms with E-state index in [4.69, 9.17) is 0 Å². The Hall–Kier alpha value is -0.300. The summed E-state index contributed by atoms with van der Waals surface area (Å²) in [6.07, 6.45) is 6.18. The van der Waals surface area contributed by atoms with Crippen LogP contribution in [-0.2, 0) is 0 Å². The van der Waals surface area contributed by atoms with Crippen molar-refractivity contribution >= 4 is 0 Å². The molecule has 1 nitrogen and oxygen atoms in total. The standard InChI is InChI=1S/C11H21N/c1-4-10-6-7-12(3)9-11(5-2)8-10/h5,10-11H,2,4,6-9H2,1,3H3. The fourth-order valence-electron chi connectivity index (χ4n) is 2.06. The van der Waals surface area contributed by atoms with Crippen LogP contribution in [0.5, 0.6) is 0 Å². The maximum Gasteiger partial charge on any atom is 0.00413 e. The van der Waals surface area contributed by atoms with Gasteiger partial charge in [0.2, 0.25) is 0 Å². The highest BCUT2D eigenvalue weighted by atomic mass is 15.1. The minimum Gasteiger partial charge on any atom is -0.306 e. The Labute approximate surface area is 76.5 Å². The highest BCUT2D eigenvalue weighted by Crippen LogP contribution is 2.24. The Morgan fingerprint density at radius 2 is 2.33 bits per heavy atom. The van der Waals surface area contributed by atoms with E-state index in [9.17, 15) is 0 Å². The second-order valence-electron chi connectivity index (χ2n) is 4.06. The fraction of sp³-hybridized carbons (Fsp3) is 0.818. The average Bonchev–Trinajstić information content (AvgIpc) is 2.26. The highest BCUT2D eigenvalue weighted by molar-refractivity contribution is 4.85. The van der Waals surface area contributed by atoms with Gasteiger partial charge in [-0.3, -0.25) is 0 Å². The number of likely N-dealkylation sites (tertiary alicyclic amines) is 1. The summed E-state index contributed by atoms with van der Waals surface area (Å²) in [4.78, 5) is 2.43. The quantitative estimate of drug-likeness (QED) is 0.571. The molecule has 0 aromatic heterocycles. The van der Waals surface area contributed by atoms with Gasteiger partial charge < -0.3 is 4.90 Å². The van der Waals surface area contributed by atoms with Crippen molar-refractivity contribution in [3.05, 3.63) is 12.7 Å². The first-order valence-electron chi connectivity index (χ1n) is 5.07. The highest BCUT2D eigenvalue weighted by Gasteiger charge is 2.18. The molecule has 2 atom stereocenters. The van der Waals surface area contributed by atoms with E-state index in [0.29, 0.717) is 0 Å². The van der Waals surface area contributed by atoms with Crippen molar-refractivity contribution in [1.29, 1.82) is 0 Å². The first-order chi connectivity index (χ1) is 5.76. The van der Waals surface area contributed by atoms with E-state index in [2.05, 4.69) is 31.5 Å². The lowest BCUT2D eigenvalue weighted by Crippen LogP contribution is -2.22. The van der Waals surface area contributed by atoms with Gasteiger partial charge in [0.05, 0.1) is 0 Å². The zero-order valence-corrected chi connectivity index (χ0v) is 8.42. The Morgan fingerprint density at radius 3 is 2.92 bits per heavy atom. The molecule has 1 heteroatoms. The summed E-state index contributed by atoms with van der Waals surface area (Å²) in [6, 6.07) is 0. The molecule has 0 aliphatic carbocycles. The molecule has 70 valence electrons. The summed E-state index contributed by atoms with van der Waals surface area (Å²) in [7, 11) is 2.22. The lowest BCUT2D eigenvalue weighted by molar-refractivity contribution is 0.323. The largest absolute Gasteiger partial charge is 0.306 e. The maximum atomic E-state index is 3.90. The average molecular weight is 167 g/mol. The van der Waals surface area contributed by atoms with Crippen molar-refractivity contribution in [3.63, 3.8) is 0 Å². The molecule has 0 bridgehead atoms. The topological polar surface area (TPSA) is 3.24 Å². The SMILES string of the molecule is C=CC1CC(CC)CCN(C)C1. The van der Waals surface area contributed by atoms with E-state index in [1.54, 1.807) is 0 Å². The maximum absolute atomic E-state index is 3.90. The first kappa shape index (κ1) is 9.79. The fourth-order valence-corrected chi connectivity index (χ4v) is 2.06. The van der Waals surface area contributed by atoms with Crippen LogP contribution in [0.15, 0.2) is 12.7 Å². The van der Waals surface area contributed by atoms with E-state index in [1.165, 1.54) is 32.4 Å². The smallest absolute Gasteiger partial charge is 0.00413 e. The van der Waals surface area contributed by atoms with Crippen molar-refractivity contribution in [2.45, 2.75) is 26.2 Å². The third-order valence-corrected chi connectivity index (χ3v) is 3.01. The minimum absolute atomic E-state index is 0.724. The molecule has 0 amide bonds. The van der Waals surface area contributed by atoms with Crippen molar-refractivity contribution in [1.82, 2.24) is 4.90 Å². The van der Waals surface area contributed by atoms with Crippen LogP contribution in [0.4, 0.5) is 0 Å². The number of hydrogen-bond donors (Lipinski definition) is 0. The van der Waals surface area contributed by atoms with Crippen molar-refractivity contribution in [2.24, 2.45) is 11.8 Å². The van der Waals surface area contributed by atoms with Crippen LogP contribution in [0.1, 0.15) is 26.2 Å². The lowest BCUT2D eigenvalue weighted by atomic mass is 9.92. The Bertz CT molecular complexity index is 142. The zero-order chi connectivity index (χ0) is 8.97. The van der Waals surface area contributed by atoms with Crippen molar-refractivity contribution in [2.75, 3.05) is 20.1 Å². The monoisotopic (exact) mass is 167 g/mol. The molecule has 0 saturated carbocycles. The molecule has 0 N–H and O–H groups in total. The molecule has 0 radical (unpaired) electrons. The number of nitrogens with zero attached hydrogens (tertiary/aromatic N) is 1. The predicted molar refractivity (Wildman–Crippen MR) is 54.2 cm³/mol. The van der Waals surface area contributed by atoms with Gasteiger partial charge in [-0.1, -0.05) is 19.4 Å². The van der Waals surface area contributed by atoms with Gasteiger partial charge in [0.25, 0.3) is 0 Å². The molecule has 1 aliphatic heterocycles. The lowest BCUT2D eigenvalue weighted by Gasteiger charge is -2.16. The molecule has 0 aromatic rings. The summed E-state index contributed by atoms with van der Waals surface area (Å²) in [5.74, 6) is 1.65. The van der Waals surface area contributed by atoms with Crippen LogP contribution >= 0.6 is 0 Å². The molecule has 0 spiro atoms. The number of rotatable bonds is 2. The first-order valence-corrected chi connectivity index (χ1v) is 5.07. The molecular weight excluding hydrogens is 146 g/mol. The van der Waals surface area contributed by atoms with Gasteiger partial charge in [-0.25, -0.2) is 0 Å². The summed E-state index contributed by atoms with van der Waals surface area (Å²) in [6.45, 7) is 8.68. The summed E-state index contributed by atoms with van der Waals surface area (Å²) < 4.78 is 0. The van der Waals surface area contributed by atoms with Gasteiger partial charge in [-0.2, -0.15) is 0 Å². The Morgan fingerprint density at radius 1 is 1.58 bits per heavy atom. The third kappa shape index (κ3) is 2.63. The van der Waals surface area contributed by atoms with Crippen LogP contribution in [0, 0.1) is 11.8 Å². The van der Waals surface area contributed by atoms with Crippen LogP contribution in [0.2, 0.25) is 0 Å². The van der Waals surface area contributed by atoms with Gasteiger partial charge >= 0.3 is 0 Å².